The molecule has 1 saturated heterocycles. The maximum Gasteiger partial charge on any atom is 0.411 e. The van der Waals surface area contributed by atoms with Crippen LogP contribution in [0.25, 0.3) is 0 Å². The smallest absolute Gasteiger partial charge is 0.411 e. The third-order valence-electron chi connectivity index (χ3n) is 3.45. The summed E-state index contributed by atoms with van der Waals surface area (Å²) in [6.07, 6.45) is 2.19. The highest BCUT2D eigenvalue weighted by atomic mass is 16.5. The topological polar surface area (TPSA) is 79.5 Å². The second kappa shape index (κ2) is 7.64. The first-order valence-corrected chi connectivity index (χ1v) is 7.13. The average Bonchev–Trinajstić information content (AvgIpc) is 2.48. The van der Waals surface area contributed by atoms with Gasteiger partial charge in [-0.2, -0.15) is 0 Å². The number of piperidine rings is 1. The van der Waals surface area contributed by atoms with Crippen LogP contribution in [0.3, 0.4) is 0 Å². The maximum absolute atomic E-state index is 12.0. The van der Waals surface area contributed by atoms with Crippen molar-refractivity contribution in [3.63, 3.8) is 0 Å². The molecule has 0 spiro atoms. The zero-order chi connectivity index (χ0) is 15.1. The number of ether oxygens (including phenoxy) is 1. The molecule has 1 fully saturated rings. The number of carbonyl (C=O) groups is 2. The van der Waals surface area contributed by atoms with E-state index in [-0.39, 0.29) is 5.91 Å². The lowest BCUT2D eigenvalue weighted by atomic mass is 9.96. The quantitative estimate of drug-likeness (QED) is 0.794. The fraction of sp³-hybridized carbons (Fsp3) is 0.467. The molecule has 114 valence electrons. The minimum atomic E-state index is -0.535. The SMILES string of the molecule is COC(=O)Nc1cccc(NC(=O)CC2CCCNC2)c1. The van der Waals surface area contributed by atoms with Gasteiger partial charge >= 0.3 is 6.09 Å². The average molecular weight is 291 g/mol. The van der Waals surface area contributed by atoms with Gasteiger partial charge in [-0.15, -0.1) is 0 Å². The lowest BCUT2D eigenvalue weighted by Gasteiger charge is -2.22. The van der Waals surface area contributed by atoms with E-state index >= 15 is 0 Å². The van der Waals surface area contributed by atoms with Crippen LogP contribution in [0.4, 0.5) is 16.2 Å². The largest absolute Gasteiger partial charge is 0.453 e. The molecule has 1 aliphatic heterocycles. The van der Waals surface area contributed by atoms with Crippen molar-refractivity contribution >= 4 is 23.4 Å². The number of methoxy groups -OCH3 is 1. The summed E-state index contributed by atoms with van der Waals surface area (Å²) < 4.78 is 4.53. The van der Waals surface area contributed by atoms with Crippen molar-refractivity contribution < 1.29 is 14.3 Å². The molecule has 0 saturated carbocycles. The molecule has 6 heteroatoms. The fourth-order valence-electron chi connectivity index (χ4n) is 2.42. The first-order valence-electron chi connectivity index (χ1n) is 7.13. The Morgan fingerprint density at radius 3 is 2.76 bits per heavy atom. The van der Waals surface area contributed by atoms with Gasteiger partial charge in [0.15, 0.2) is 0 Å². The summed E-state index contributed by atoms with van der Waals surface area (Å²) in [5.74, 6) is 0.397. The van der Waals surface area contributed by atoms with Gasteiger partial charge in [-0.3, -0.25) is 10.1 Å². The van der Waals surface area contributed by atoms with E-state index in [0.29, 0.717) is 23.7 Å². The molecule has 6 nitrogen and oxygen atoms in total. The number of nitrogens with one attached hydrogen (secondary N) is 3. The minimum absolute atomic E-state index is 0.00100. The Morgan fingerprint density at radius 1 is 1.33 bits per heavy atom. The standard InChI is InChI=1S/C15H21N3O3/c1-21-15(20)18-13-6-2-5-12(9-13)17-14(19)8-11-4-3-7-16-10-11/h2,5-6,9,11,16H,3-4,7-8,10H2,1H3,(H,17,19)(H,18,20). The summed E-state index contributed by atoms with van der Waals surface area (Å²) in [6, 6.07) is 6.99. The second-order valence-corrected chi connectivity index (χ2v) is 5.16. The Bertz CT molecular complexity index is 499. The van der Waals surface area contributed by atoms with E-state index in [9.17, 15) is 9.59 Å². The number of rotatable bonds is 4. The van der Waals surface area contributed by atoms with Crippen molar-refractivity contribution in [2.24, 2.45) is 5.92 Å². The van der Waals surface area contributed by atoms with Crippen LogP contribution < -0.4 is 16.0 Å². The van der Waals surface area contributed by atoms with Gasteiger partial charge in [0.05, 0.1) is 7.11 Å². The molecule has 1 heterocycles. The zero-order valence-electron chi connectivity index (χ0n) is 12.1. The van der Waals surface area contributed by atoms with Gasteiger partial charge in [0.1, 0.15) is 0 Å². The van der Waals surface area contributed by atoms with Crippen LogP contribution in [-0.2, 0) is 9.53 Å². The molecule has 0 radical (unpaired) electrons. The van der Waals surface area contributed by atoms with Crippen LogP contribution in [0, 0.1) is 5.92 Å². The van der Waals surface area contributed by atoms with Gasteiger partial charge in [0.25, 0.3) is 0 Å². The van der Waals surface area contributed by atoms with Gasteiger partial charge < -0.3 is 15.4 Å². The van der Waals surface area contributed by atoms with Gasteiger partial charge in [-0.25, -0.2) is 4.79 Å². The lowest BCUT2D eigenvalue weighted by molar-refractivity contribution is -0.117. The Labute approximate surface area is 124 Å². The molecule has 0 aliphatic carbocycles. The van der Waals surface area contributed by atoms with Crippen molar-refractivity contribution in [1.29, 1.82) is 0 Å². The number of hydrogen-bond donors (Lipinski definition) is 3. The van der Waals surface area contributed by atoms with Crippen molar-refractivity contribution in [3.8, 4) is 0 Å². The van der Waals surface area contributed by atoms with Crippen LogP contribution in [0.1, 0.15) is 19.3 Å². The van der Waals surface area contributed by atoms with E-state index in [2.05, 4.69) is 20.7 Å². The molecule has 21 heavy (non-hydrogen) atoms. The van der Waals surface area contributed by atoms with Gasteiger partial charge in [0, 0.05) is 17.8 Å². The van der Waals surface area contributed by atoms with Crippen LogP contribution >= 0.6 is 0 Å². The highest BCUT2D eigenvalue weighted by Gasteiger charge is 2.16. The fourth-order valence-corrected chi connectivity index (χ4v) is 2.42. The van der Waals surface area contributed by atoms with E-state index in [1.165, 1.54) is 7.11 Å². The van der Waals surface area contributed by atoms with E-state index in [1.807, 2.05) is 0 Å². The minimum Gasteiger partial charge on any atom is -0.453 e. The molecule has 1 atom stereocenters. The number of anilines is 2. The van der Waals surface area contributed by atoms with Gasteiger partial charge in [-0.1, -0.05) is 6.07 Å². The van der Waals surface area contributed by atoms with Gasteiger partial charge in [0.2, 0.25) is 5.91 Å². The molecule has 0 bridgehead atoms. The Kier molecular flexibility index (Phi) is 5.57. The molecule has 0 aromatic heterocycles. The Balaban J connectivity index is 1.87. The Hall–Kier alpha value is -2.08. The molecule has 1 aliphatic rings. The van der Waals surface area contributed by atoms with E-state index in [4.69, 9.17) is 0 Å². The predicted molar refractivity (Wildman–Crippen MR) is 81.3 cm³/mol. The maximum atomic E-state index is 12.0. The third kappa shape index (κ3) is 5.07. The van der Waals surface area contributed by atoms with E-state index < -0.39 is 6.09 Å². The first-order chi connectivity index (χ1) is 10.2. The van der Waals surface area contributed by atoms with Crippen LogP contribution in [-0.4, -0.2) is 32.2 Å². The summed E-state index contributed by atoms with van der Waals surface area (Å²) in [5, 5.41) is 8.73. The second-order valence-electron chi connectivity index (χ2n) is 5.16. The zero-order valence-corrected chi connectivity index (χ0v) is 12.1. The normalized spacial score (nSPS) is 17.9. The molecule has 1 aromatic carbocycles. The molecule has 1 unspecified atom stereocenters. The van der Waals surface area contributed by atoms with Crippen molar-refractivity contribution in [3.05, 3.63) is 24.3 Å². The molecule has 2 amide bonds. The Morgan fingerprint density at radius 2 is 2.10 bits per heavy atom. The van der Waals surface area contributed by atoms with Gasteiger partial charge in [-0.05, 0) is 50.0 Å². The summed E-state index contributed by atoms with van der Waals surface area (Å²) >= 11 is 0. The molecular formula is C15H21N3O3. The first kappa shape index (κ1) is 15.3. The van der Waals surface area contributed by atoms with Crippen molar-refractivity contribution in [2.75, 3.05) is 30.8 Å². The number of hydrogen-bond acceptors (Lipinski definition) is 4. The number of amides is 2. The van der Waals surface area contributed by atoms with Crippen LogP contribution in [0.15, 0.2) is 24.3 Å². The number of benzene rings is 1. The van der Waals surface area contributed by atoms with E-state index in [0.717, 1.165) is 25.9 Å². The predicted octanol–water partition coefficient (Wildman–Crippen LogP) is 2.19. The van der Waals surface area contributed by atoms with Crippen molar-refractivity contribution in [1.82, 2.24) is 5.32 Å². The molecule has 3 N–H and O–H groups in total. The van der Waals surface area contributed by atoms with E-state index in [1.54, 1.807) is 24.3 Å². The van der Waals surface area contributed by atoms with Crippen LogP contribution in [0.2, 0.25) is 0 Å². The highest BCUT2D eigenvalue weighted by molar-refractivity contribution is 5.92. The summed E-state index contributed by atoms with van der Waals surface area (Å²) in [6.45, 7) is 1.94. The van der Waals surface area contributed by atoms with Crippen LogP contribution in [0.5, 0.6) is 0 Å². The lowest BCUT2D eigenvalue weighted by Crippen LogP contribution is -2.32. The highest BCUT2D eigenvalue weighted by Crippen LogP contribution is 2.18. The summed E-state index contributed by atoms with van der Waals surface area (Å²) in [4.78, 5) is 23.2. The van der Waals surface area contributed by atoms with Crippen molar-refractivity contribution in [2.45, 2.75) is 19.3 Å². The summed E-state index contributed by atoms with van der Waals surface area (Å²) in [5.41, 5.74) is 1.25. The number of carbonyl (C=O) groups excluding carboxylic acids is 2. The third-order valence-corrected chi connectivity index (χ3v) is 3.45. The monoisotopic (exact) mass is 291 g/mol. The summed E-state index contributed by atoms with van der Waals surface area (Å²) in [7, 11) is 1.30. The molecule has 1 aromatic rings. The molecular weight excluding hydrogens is 270 g/mol. The molecule has 2 rings (SSSR count).